The topological polar surface area (TPSA) is 20.2 Å². The predicted octanol–water partition coefficient (Wildman–Crippen LogP) is 4.21. The van der Waals surface area contributed by atoms with Crippen LogP contribution in [0.3, 0.4) is 0 Å². The summed E-state index contributed by atoms with van der Waals surface area (Å²) in [6, 6.07) is 3.78. The molecule has 13 heavy (non-hydrogen) atoms. The second-order valence-electron chi connectivity index (χ2n) is 4.03. The molecule has 0 aliphatic rings. The summed E-state index contributed by atoms with van der Waals surface area (Å²) in [6.45, 7) is 6.21. The van der Waals surface area contributed by atoms with Gasteiger partial charge in [-0.15, -0.1) is 0 Å². The lowest BCUT2D eigenvalue weighted by atomic mass is 9.86. The van der Waals surface area contributed by atoms with E-state index in [4.69, 9.17) is 0 Å². The van der Waals surface area contributed by atoms with Gasteiger partial charge in [0.2, 0.25) is 0 Å². The molecule has 1 rings (SSSR count). The van der Waals surface area contributed by atoms with Gasteiger partial charge < -0.3 is 5.11 Å². The van der Waals surface area contributed by atoms with Gasteiger partial charge in [0.05, 0.1) is 4.47 Å². The minimum absolute atomic E-state index is 0.0453. The Kier molecular flexibility index (Phi) is 3.08. The number of hydrogen-bond donors (Lipinski definition) is 1. The Labute approximate surface area is 95.4 Å². The fourth-order valence-corrected chi connectivity index (χ4v) is 2.36. The molecule has 0 spiro atoms. The van der Waals surface area contributed by atoms with Crippen LogP contribution in [0.5, 0.6) is 5.75 Å². The van der Waals surface area contributed by atoms with E-state index in [1.807, 2.05) is 12.1 Å². The van der Waals surface area contributed by atoms with Crippen molar-refractivity contribution in [3.05, 3.63) is 26.6 Å². The first-order valence-electron chi connectivity index (χ1n) is 4.01. The summed E-state index contributed by atoms with van der Waals surface area (Å²) in [5, 5.41) is 9.79. The third-order valence-corrected chi connectivity index (χ3v) is 2.90. The van der Waals surface area contributed by atoms with Gasteiger partial charge in [-0.25, -0.2) is 0 Å². The molecule has 0 aliphatic heterocycles. The molecular weight excluding hydrogens is 296 g/mol. The molecule has 0 heterocycles. The molecule has 0 bridgehead atoms. The molecule has 0 unspecified atom stereocenters. The summed E-state index contributed by atoms with van der Waals surface area (Å²) in [7, 11) is 0. The van der Waals surface area contributed by atoms with E-state index in [2.05, 4.69) is 52.6 Å². The number of aromatic hydroxyl groups is 1. The van der Waals surface area contributed by atoms with E-state index in [0.717, 1.165) is 14.5 Å². The molecule has 0 atom stereocenters. The molecular formula is C10H12Br2O. The van der Waals surface area contributed by atoms with E-state index in [1.54, 1.807) is 0 Å². The zero-order valence-electron chi connectivity index (χ0n) is 7.86. The first-order chi connectivity index (χ1) is 5.82. The lowest BCUT2D eigenvalue weighted by Crippen LogP contribution is -2.11. The van der Waals surface area contributed by atoms with Gasteiger partial charge in [-0.1, -0.05) is 36.7 Å². The summed E-state index contributed by atoms with van der Waals surface area (Å²) in [4.78, 5) is 0. The first kappa shape index (κ1) is 11.1. The van der Waals surface area contributed by atoms with Gasteiger partial charge in [-0.05, 0) is 33.5 Å². The monoisotopic (exact) mass is 306 g/mol. The van der Waals surface area contributed by atoms with Crippen LogP contribution in [0.15, 0.2) is 21.1 Å². The molecule has 0 aromatic heterocycles. The van der Waals surface area contributed by atoms with Crippen LogP contribution in [-0.2, 0) is 5.41 Å². The zero-order chi connectivity index (χ0) is 10.2. The zero-order valence-corrected chi connectivity index (χ0v) is 11.0. The smallest absolute Gasteiger partial charge is 0.133 e. The van der Waals surface area contributed by atoms with Crippen LogP contribution >= 0.6 is 31.9 Å². The lowest BCUT2D eigenvalue weighted by Gasteiger charge is -2.21. The number of rotatable bonds is 0. The maximum Gasteiger partial charge on any atom is 0.133 e. The van der Waals surface area contributed by atoms with Gasteiger partial charge in [-0.3, -0.25) is 0 Å². The van der Waals surface area contributed by atoms with Gasteiger partial charge >= 0.3 is 0 Å². The van der Waals surface area contributed by atoms with E-state index in [9.17, 15) is 5.11 Å². The van der Waals surface area contributed by atoms with E-state index >= 15 is 0 Å². The molecule has 0 aliphatic carbocycles. The predicted molar refractivity (Wildman–Crippen MR) is 62.2 cm³/mol. The Morgan fingerprint density at radius 2 is 1.69 bits per heavy atom. The molecule has 0 amide bonds. The number of phenolic OH excluding ortho intramolecular Hbond substituents is 1. The molecule has 72 valence electrons. The average Bonchev–Trinajstić information content (AvgIpc) is 1.94. The Morgan fingerprint density at radius 1 is 1.15 bits per heavy atom. The molecule has 0 radical (unpaired) electrons. The highest BCUT2D eigenvalue weighted by Gasteiger charge is 2.20. The lowest BCUT2D eigenvalue weighted by molar-refractivity contribution is 0.443. The normalized spacial score (nSPS) is 11.8. The molecule has 0 fully saturated rings. The van der Waals surface area contributed by atoms with Crippen LogP contribution in [-0.4, -0.2) is 5.11 Å². The van der Waals surface area contributed by atoms with Gasteiger partial charge in [0.1, 0.15) is 5.75 Å². The standard InChI is InChI=1S/C10H12Br2O/c1-10(2,3)7-4-6(11)5-8(12)9(7)13/h4-5,13H,1-3H3. The molecule has 3 heteroatoms. The summed E-state index contributed by atoms with van der Waals surface area (Å²) in [5.74, 6) is 0.329. The molecule has 0 saturated heterocycles. The molecule has 0 saturated carbocycles. The van der Waals surface area contributed by atoms with Crippen molar-refractivity contribution in [3.8, 4) is 5.75 Å². The largest absolute Gasteiger partial charge is 0.506 e. The third kappa shape index (κ3) is 2.47. The van der Waals surface area contributed by atoms with Crippen molar-refractivity contribution >= 4 is 31.9 Å². The molecule has 1 nitrogen and oxygen atoms in total. The van der Waals surface area contributed by atoms with Crippen LogP contribution in [0.4, 0.5) is 0 Å². The van der Waals surface area contributed by atoms with Gasteiger partial charge in [0.15, 0.2) is 0 Å². The summed E-state index contributed by atoms with van der Waals surface area (Å²) in [5.41, 5.74) is 0.893. The minimum atomic E-state index is -0.0453. The molecule has 1 aromatic carbocycles. The Balaban J connectivity index is 3.37. The van der Waals surface area contributed by atoms with Crippen molar-refractivity contribution in [1.29, 1.82) is 0 Å². The fraction of sp³-hybridized carbons (Fsp3) is 0.400. The highest BCUT2D eigenvalue weighted by atomic mass is 79.9. The summed E-state index contributed by atoms with van der Waals surface area (Å²) < 4.78 is 1.70. The van der Waals surface area contributed by atoms with E-state index in [1.165, 1.54) is 0 Å². The average molecular weight is 308 g/mol. The first-order valence-corrected chi connectivity index (χ1v) is 5.59. The maximum absolute atomic E-state index is 9.79. The number of phenols is 1. The highest BCUT2D eigenvalue weighted by molar-refractivity contribution is 9.11. The van der Waals surface area contributed by atoms with Crippen molar-refractivity contribution in [2.45, 2.75) is 26.2 Å². The van der Waals surface area contributed by atoms with Crippen molar-refractivity contribution in [2.24, 2.45) is 0 Å². The van der Waals surface area contributed by atoms with Crippen molar-refractivity contribution in [1.82, 2.24) is 0 Å². The number of hydrogen-bond acceptors (Lipinski definition) is 1. The van der Waals surface area contributed by atoms with Crippen LogP contribution in [0.25, 0.3) is 0 Å². The van der Waals surface area contributed by atoms with Crippen molar-refractivity contribution in [3.63, 3.8) is 0 Å². The van der Waals surface area contributed by atoms with Crippen LogP contribution in [0.1, 0.15) is 26.3 Å². The second-order valence-corrected chi connectivity index (χ2v) is 5.80. The van der Waals surface area contributed by atoms with Crippen LogP contribution in [0, 0.1) is 0 Å². The van der Waals surface area contributed by atoms with Crippen LogP contribution in [0.2, 0.25) is 0 Å². The number of halogens is 2. The highest BCUT2D eigenvalue weighted by Crippen LogP contribution is 2.38. The van der Waals surface area contributed by atoms with Crippen LogP contribution < -0.4 is 0 Å². The Morgan fingerprint density at radius 3 is 2.15 bits per heavy atom. The van der Waals surface area contributed by atoms with Crippen molar-refractivity contribution in [2.75, 3.05) is 0 Å². The summed E-state index contributed by atoms with van der Waals surface area (Å²) >= 11 is 6.71. The van der Waals surface area contributed by atoms with Crippen molar-refractivity contribution < 1.29 is 5.11 Å². The maximum atomic E-state index is 9.79. The van der Waals surface area contributed by atoms with E-state index < -0.39 is 0 Å². The minimum Gasteiger partial charge on any atom is -0.506 e. The van der Waals surface area contributed by atoms with Gasteiger partial charge in [-0.2, -0.15) is 0 Å². The Bertz CT molecular complexity index is 326. The summed E-state index contributed by atoms with van der Waals surface area (Å²) in [6.07, 6.45) is 0. The molecule has 1 aromatic rings. The van der Waals surface area contributed by atoms with E-state index in [0.29, 0.717) is 5.75 Å². The Hall–Kier alpha value is -0.0200. The quantitative estimate of drug-likeness (QED) is 0.761. The number of benzene rings is 1. The molecule has 1 N–H and O–H groups in total. The van der Waals surface area contributed by atoms with E-state index in [-0.39, 0.29) is 5.41 Å². The third-order valence-electron chi connectivity index (χ3n) is 1.84. The van der Waals surface area contributed by atoms with Gasteiger partial charge in [0, 0.05) is 10.0 Å². The fourth-order valence-electron chi connectivity index (χ4n) is 1.14. The van der Waals surface area contributed by atoms with Gasteiger partial charge in [0.25, 0.3) is 0 Å². The SMILES string of the molecule is CC(C)(C)c1cc(Br)cc(Br)c1O. The second kappa shape index (κ2) is 3.62.